The van der Waals surface area contributed by atoms with E-state index in [1.165, 1.54) is 0 Å². The third kappa shape index (κ3) is 6.73. The molecule has 106 valence electrons. The van der Waals surface area contributed by atoms with Crippen molar-refractivity contribution in [1.82, 2.24) is 10.6 Å². The van der Waals surface area contributed by atoms with E-state index >= 15 is 0 Å². The van der Waals surface area contributed by atoms with Gasteiger partial charge in [0.1, 0.15) is 0 Å². The topological polar surface area (TPSA) is 41.1 Å². The van der Waals surface area contributed by atoms with E-state index in [1.807, 2.05) is 31.2 Å². The van der Waals surface area contributed by atoms with E-state index in [0.29, 0.717) is 12.5 Å². The van der Waals surface area contributed by atoms with Crippen molar-refractivity contribution >= 4 is 21.8 Å². The maximum Gasteiger partial charge on any atom is 0.220 e. The fourth-order valence-electron chi connectivity index (χ4n) is 1.81. The van der Waals surface area contributed by atoms with E-state index < -0.39 is 0 Å². The molecule has 0 aromatic heterocycles. The van der Waals surface area contributed by atoms with E-state index in [0.717, 1.165) is 23.0 Å². The van der Waals surface area contributed by atoms with Crippen molar-refractivity contribution in [2.45, 2.75) is 45.7 Å². The maximum atomic E-state index is 11.8. The van der Waals surface area contributed by atoms with Gasteiger partial charge in [0.15, 0.2) is 0 Å². The summed E-state index contributed by atoms with van der Waals surface area (Å²) in [6, 6.07) is 8.54. The van der Waals surface area contributed by atoms with Gasteiger partial charge in [-0.05, 0) is 37.6 Å². The Hall–Kier alpha value is -0.870. The van der Waals surface area contributed by atoms with Crippen molar-refractivity contribution in [1.29, 1.82) is 0 Å². The highest BCUT2D eigenvalue weighted by Crippen LogP contribution is 2.17. The van der Waals surface area contributed by atoms with Gasteiger partial charge in [-0.2, -0.15) is 0 Å². The van der Waals surface area contributed by atoms with Crippen LogP contribution in [-0.4, -0.2) is 18.5 Å². The first-order valence-corrected chi connectivity index (χ1v) is 7.56. The molecular weight excluding hydrogens is 304 g/mol. The van der Waals surface area contributed by atoms with Crippen molar-refractivity contribution in [3.05, 3.63) is 34.3 Å². The lowest BCUT2D eigenvalue weighted by atomic mass is 10.1. The number of hydrogen-bond donors (Lipinski definition) is 2. The first-order chi connectivity index (χ1) is 8.99. The Morgan fingerprint density at radius 3 is 2.68 bits per heavy atom. The minimum absolute atomic E-state index is 0.0445. The van der Waals surface area contributed by atoms with Crippen molar-refractivity contribution < 1.29 is 4.79 Å². The minimum Gasteiger partial charge on any atom is -0.350 e. The number of halogens is 1. The molecule has 0 saturated heterocycles. The molecule has 0 aliphatic carbocycles. The van der Waals surface area contributed by atoms with Crippen LogP contribution in [0.25, 0.3) is 0 Å². The van der Waals surface area contributed by atoms with Gasteiger partial charge in [0.2, 0.25) is 5.91 Å². The van der Waals surface area contributed by atoms with E-state index in [2.05, 4.69) is 40.4 Å². The standard InChI is InChI=1S/C15H23BrN2O/c1-11(2)17-9-5-8-15(19)18-12(3)13-6-4-7-14(16)10-13/h4,6-7,10-12,17H,5,8-9H2,1-3H3,(H,18,19)/t12-/m1/s1. The second-order valence-corrected chi connectivity index (χ2v) is 5.97. The Labute approximate surface area is 124 Å². The first kappa shape index (κ1) is 16.2. The van der Waals surface area contributed by atoms with Gasteiger partial charge in [-0.3, -0.25) is 4.79 Å². The fraction of sp³-hybridized carbons (Fsp3) is 0.533. The second-order valence-electron chi connectivity index (χ2n) is 5.06. The Balaban J connectivity index is 2.32. The van der Waals surface area contributed by atoms with Crippen LogP contribution < -0.4 is 10.6 Å². The molecule has 1 rings (SSSR count). The molecule has 1 aromatic carbocycles. The number of carbonyl (C=O) groups is 1. The molecule has 0 bridgehead atoms. The van der Waals surface area contributed by atoms with Crippen LogP contribution in [-0.2, 0) is 4.79 Å². The summed E-state index contributed by atoms with van der Waals surface area (Å²) in [5.41, 5.74) is 1.11. The molecule has 1 atom stereocenters. The predicted octanol–water partition coefficient (Wildman–Crippen LogP) is 3.40. The van der Waals surface area contributed by atoms with E-state index in [4.69, 9.17) is 0 Å². The smallest absolute Gasteiger partial charge is 0.220 e. The summed E-state index contributed by atoms with van der Waals surface area (Å²) in [4.78, 5) is 11.8. The second kappa shape index (κ2) is 8.33. The van der Waals surface area contributed by atoms with Gasteiger partial charge in [-0.1, -0.05) is 41.9 Å². The van der Waals surface area contributed by atoms with Gasteiger partial charge in [-0.15, -0.1) is 0 Å². The molecule has 0 spiro atoms. The van der Waals surface area contributed by atoms with Gasteiger partial charge in [-0.25, -0.2) is 0 Å². The summed E-state index contributed by atoms with van der Waals surface area (Å²) in [6.45, 7) is 7.10. The van der Waals surface area contributed by atoms with Crippen LogP contribution in [0.15, 0.2) is 28.7 Å². The molecule has 0 unspecified atom stereocenters. The normalized spacial score (nSPS) is 12.5. The summed E-state index contributed by atoms with van der Waals surface area (Å²) in [6.07, 6.45) is 1.44. The Kier molecular flexibility index (Phi) is 7.10. The predicted molar refractivity (Wildman–Crippen MR) is 83.1 cm³/mol. The molecular formula is C15H23BrN2O. The first-order valence-electron chi connectivity index (χ1n) is 6.77. The van der Waals surface area contributed by atoms with E-state index in [9.17, 15) is 4.79 Å². The van der Waals surface area contributed by atoms with E-state index in [1.54, 1.807) is 0 Å². The highest BCUT2D eigenvalue weighted by atomic mass is 79.9. The number of rotatable bonds is 7. The highest BCUT2D eigenvalue weighted by molar-refractivity contribution is 9.10. The van der Waals surface area contributed by atoms with Crippen LogP contribution in [0.1, 0.15) is 45.2 Å². The van der Waals surface area contributed by atoms with Crippen molar-refractivity contribution in [3.63, 3.8) is 0 Å². The number of carbonyl (C=O) groups excluding carboxylic acids is 1. The minimum atomic E-state index is 0.0445. The number of benzene rings is 1. The van der Waals surface area contributed by atoms with Crippen LogP contribution in [0, 0.1) is 0 Å². The zero-order valence-corrected chi connectivity index (χ0v) is 13.5. The van der Waals surface area contributed by atoms with Crippen LogP contribution in [0.4, 0.5) is 0 Å². The SMILES string of the molecule is CC(C)NCCCC(=O)N[C@H](C)c1cccc(Br)c1. The lowest BCUT2D eigenvalue weighted by Crippen LogP contribution is -2.28. The third-order valence-electron chi connectivity index (χ3n) is 2.86. The van der Waals surface area contributed by atoms with Gasteiger partial charge in [0.05, 0.1) is 6.04 Å². The number of hydrogen-bond acceptors (Lipinski definition) is 2. The molecule has 4 heteroatoms. The van der Waals surface area contributed by atoms with Crippen molar-refractivity contribution in [2.75, 3.05) is 6.54 Å². The van der Waals surface area contributed by atoms with Gasteiger partial charge in [0, 0.05) is 16.9 Å². The number of nitrogens with one attached hydrogen (secondary N) is 2. The Bertz CT molecular complexity index is 407. The monoisotopic (exact) mass is 326 g/mol. The summed E-state index contributed by atoms with van der Waals surface area (Å²) in [5.74, 6) is 0.109. The largest absolute Gasteiger partial charge is 0.350 e. The summed E-state index contributed by atoms with van der Waals surface area (Å²) < 4.78 is 1.03. The average Bonchev–Trinajstić information content (AvgIpc) is 2.34. The molecule has 0 fully saturated rings. The fourth-order valence-corrected chi connectivity index (χ4v) is 2.23. The molecule has 19 heavy (non-hydrogen) atoms. The van der Waals surface area contributed by atoms with Crippen LogP contribution in [0.2, 0.25) is 0 Å². The van der Waals surface area contributed by atoms with Gasteiger partial charge in [0.25, 0.3) is 0 Å². The zero-order chi connectivity index (χ0) is 14.3. The summed E-state index contributed by atoms with van der Waals surface area (Å²) in [5, 5.41) is 6.33. The van der Waals surface area contributed by atoms with Gasteiger partial charge >= 0.3 is 0 Å². The van der Waals surface area contributed by atoms with Gasteiger partial charge < -0.3 is 10.6 Å². The van der Waals surface area contributed by atoms with E-state index in [-0.39, 0.29) is 11.9 Å². The summed E-state index contributed by atoms with van der Waals surface area (Å²) >= 11 is 3.44. The Morgan fingerprint density at radius 2 is 2.05 bits per heavy atom. The lowest BCUT2D eigenvalue weighted by molar-refractivity contribution is -0.121. The van der Waals surface area contributed by atoms with Crippen LogP contribution in [0.5, 0.6) is 0 Å². The zero-order valence-electron chi connectivity index (χ0n) is 11.9. The molecule has 0 heterocycles. The van der Waals surface area contributed by atoms with Crippen LogP contribution >= 0.6 is 15.9 Å². The molecule has 1 aromatic rings. The molecule has 1 amide bonds. The lowest BCUT2D eigenvalue weighted by Gasteiger charge is -2.15. The molecule has 0 aliphatic rings. The molecule has 3 nitrogen and oxygen atoms in total. The molecule has 0 aliphatic heterocycles. The van der Waals surface area contributed by atoms with Crippen molar-refractivity contribution in [2.24, 2.45) is 0 Å². The van der Waals surface area contributed by atoms with Crippen molar-refractivity contribution in [3.8, 4) is 0 Å². The quantitative estimate of drug-likeness (QED) is 0.754. The Morgan fingerprint density at radius 1 is 1.32 bits per heavy atom. The highest BCUT2D eigenvalue weighted by Gasteiger charge is 2.09. The van der Waals surface area contributed by atoms with Crippen LogP contribution in [0.3, 0.4) is 0 Å². The number of amides is 1. The molecule has 2 N–H and O–H groups in total. The summed E-state index contributed by atoms with van der Waals surface area (Å²) in [7, 11) is 0. The molecule has 0 saturated carbocycles. The third-order valence-corrected chi connectivity index (χ3v) is 3.35. The molecule has 0 radical (unpaired) electrons. The maximum absolute atomic E-state index is 11.8. The average molecular weight is 327 g/mol.